The van der Waals surface area contributed by atoms with Crippen LogP contribution in [0.5, 0.6) is 5.75 Å². The van der Waals surface area contributed by atoms with Crippen molar-refractivity contribution in [1.29, 1.82) is 0 Å². The van der Waals surface area contributed by atoms with Crippen LogP contribution in [0.3, 0.4) is 0 Å². The van der Waals surface area contributed by atoms with Crippen LogP contribution >= 0.6 is 11.6 Å². The normalized spacial score (nSPS) is 11.2. The number of halogens is 2. The van der Waals surface area contributed by atoms with Crippen molar-refractivity contribution in [3.63, 3.8) is 0 Å². The molecular weight excluding hydrogens is 457 g/mol. The monoisotopic (exact) mass is 477 g/mol. The zero-order chi connectivity index (χ0) is 23.1. The number of carbonyl (C=O) groups is 1. The lowest BCUT2D eigenvalue weighted by Crippen LogP contribution is -2.33. The quantitative estimate of drug-likeness (QED) is 0.423. The number of para-hydroxylation sites is 1. The first kappa shape index (κ1) is 23.7. The smallest absolute Gasteiger partial charge is 0.339 e. The Morgan fingerprint density at radius 1 is 1.00 bits per heavy atom. The number of benzene rings is 3. The van der Waals surface area contributed by atoms with Gasteiger partial charge in [-0.2, -0.15) is 8.42 Å². The predicted octanol–water partition coefficient (Wildman–Crippen LogP) is 4.54. The molecule has 0 atom stereocenters. The largest absolute Gasteiger partial charge is 0.383 e. The Balaban J connectivity index is 1.89. The first-order chi connectivity index (χ1) is 15.3. The van der Waals surface area contributed by atoms with Crippen molar-refractivity contribution >= 4 is 27.6 Å². The number of rotatable bonds is 9. The van der Waals surface area contributed by atoms with E-state index in [1.165, 1.54) is 18.1 Å². The Morgan fingerprint density at radius 3 is 2.34 bits per heavy atom. The average molecular weight is 478 g/mol. The molecule has 0 unspecified atom stereocenters. The molecule has 0 saturated heterocycles. The maximum absolute atomic E-state index is 13.2. The van der Waals surface area contributed by atoms with Gasteiger partial charge in [0.1, 0.15) is 16.5 Å². The molecule has 0 heterocycles. The number of carbonyl (C=O) groups excluding carboxylic acids is 1. The second-order valence-electron chi connectivity index (χ2n) is 6.80. The standard InChI is InChI=1S/C23H21ClFNO5S/c1-30-15-14-26(23(27)20-7-3-4-8-21(20)24)16-17-6-2-5-9-22(17)31-32(28,29)19-12-10-18(25)11-13-19/h2-13H,14-16H2,1H3. The third-order valence-electron chi connectivity index (χ3n) is 4.59. The molecule has 0 aliphatic carbocycles. The highest BCUT2D eigenvalue weighted by Crippen LogP contribution is 2.26. The van der Waals surface area contributed by atoms with Gasteiger partial charge in [-0.25, -0.2) is 4.39 Å². The second-order valence-corrected chi connectivity index (χ2v) is 8.75. The molecule has 0 fully saturated rings. The van der Waals surface area contributed by atoms with Gasteiger partial charge in [0, 0.05) is 25.8 Å². The van der Waals surface area contributed by atoms with Crippen LogP contribution in [0.1, 0.15) is 15.9 Å². The SMILES string of the molecule is COCCN(Cc1ccccc1OS(=O)(=O)c1ccc(F)cc1)C(=O)c1ccccc1Cl. The molecule has 3 rings (SSSR count). The highest BCUT2D eigenvalue weighted by molar-refractivity contribution is 7.87. The molecule has 6 nitrogen and oxygen atoms in total. The minimum atomic E-state index is -4.20. The molecule has 32 heavy (non-hydrogen) atoms. The summed E-state index contributed by atoms with van der Waals surface area (Å²) in [5.41, 5.74) is 0.789. The van der Waals surface area contributed by atoms with Crippen molar-refractivity contribution in [2.45, 2.75) is 11.4 Å². The molecule has 0 N–H and O–H groups in total. The fourth-order valence-electron chi connectivity index (χ4n) is 2.95. The Hall–Kier alpha value is -2.94. The van der Waals surface area contributed by atoms with Gasteiger partial charge in [0.05, 0.1) is 17.2 Å². The zero-order valence-electron chi connectivity index (χ0n) is 17.2. The third kappa shape index (κ3) is 5.85. The lowest BCUT2D eigenvalue weighted by molar-refractivity contribution is 0.0680. The maximum Gasteiger partial charge on any atom is 0.339 e. The summed E-state index contributed by atoms with van der Waals surface area (Å²) in [5.74, 6) is -0.828. The topological polar surface area (TPSA) is 72.9 Å². The summed E-state index contributed by atoms with van der Waals surface area (Å²) < 4.78 is 48.9. The zero-order valence-corrected chi connectivity index (χ0v) is 18.8. The van der Waals surface area contributed by atoms with E-state index in [4.69, 9.17) is 20.5 Å². The number of ether oxygens (including phenoxy) is 1. The molecule has 3 aromatic carbocycles. The van der Waals surface area contributed by atoms with Crippen LogP contribution in [-0.2, 0) is 21.4 Å². The third-order valence-corrected chi connectivity index (χ3v) is 6.17. The minimum Gasteiger partial charge on any atom is -0.383 e. The minimum absolute atomic E-state index is 0.0581. The average Bonchev–Trinajstić information content (AvgIpc) is 2.77. The van der Waals surface area contributed by atoms with E-state index in [1.807, 2.05) is 0 Å². The van der Waals surface area contributed by atoms with Crippen LogP contribution in [0.15, 0.2) is 77.7 Å². The van der Waals surface area contributed by atoms with Crippen LogP contribution in [0.25, 0.3) is 0 Å². The van der Waals surface area contributed by atoms with Gasteiger partial charge in [-0.3, -0.25) is 4.79 Å². The number of amides is 1. The Morgan fingerprint density at radius 2 is 1.66 bits per heavy atom. The molecule has 0 bridgehead atoms. The summed E-state index contributed by atoms with van der Waals surface area (Å²) in [6.45, 7) is 0.579. The number of nitrogens with zero attached hydrogens (tertiary/aromatic N) is 1. The lowest BCUT2D eigenvalue weighted by atomic mass is 10.1. The molecule has 0 saturated carbocycles. The first-order valence-electron chi connectivity index (χ1n) is 9.62. The van der Waals surface area contributed by atoms with Gasteiger partial charge in [0.15, 0.2) is 0 Å². The summed E-state index contributed by atoms with van der Waals surface area (Å²) in [7, 11) is -2.68. The molecule has 3 aromatic rings. The van der Waals surface area contributed by atoms with Crippen molar-refractivity contribution in [2.75, 3.05) is 20.3 Å². The maximum atomic E-state index is 13.2. The van der Waals surface area contributed by atoms with Crippen LogP contribution in [-0.4, -0.2) is 39.5 Å². The van der Waals surface area contributed by atoms with Gasteiger partial charge in [-0.15, -0.1) is 0 Å². The Labute approximate surface area is 191 Å². The van der Waals surface area contributed by atoms with E-state index in [-0.39, 0.29) is 36.2 Å². The Bertz CT molecular complexity index is 1190. The van der Waals surface area contributed by atoms with Crippen molar-refractivity contribution in [2.24, 2.45) is 0 Å². The van der Waals surface area contributed by atoms with E-state index in [9.17, 15) is 17.6 Å². The van der Waals surface area contributed by atoms with E-state index < -0.39 is 15.9 Å². The summed E-state index contributed by atoms with van der Waals surface area (Å²) in [5, 5.41) is 0.309. The summed E-state index contributed by atoms with van der Waals surface area (Å²) in [6.07, 6.45) is 0. The van der Waals surface area contributed by atoms with E-state index in [2.05, 4.69) is 0 Å². The predicted molar refractivity (Wildman–Crippen MR) is 119 cm³/mol. The first-order valence-corrected chi connectivity index (χ1v) is 11.4. The molecule has 0 radical (unpaired) electrons. The number of methoxy groups -OCH3 is 1. The van der Waals surface area contributed by atoms with Gasteiger partial charge in [0.2, 0.25) is 0 Å². The molecular formula is C23H21ClFNO5S. The van der Waals surface area contributed by atoms with Gasteiger partial charge in [-0.1, -0.05) is 41.9 Å². The highest BCUT2D eigenvalue weighted by Gasteiger charge is 2.22. The van der Waals surface area contributed by atoms with Gasteiger partial charge >= 0.3 is 10.1 Å². The second kappa shape index (κ2) is 10.6. The van der Waals surface area contributed by atoms with Crippen LogP contribution in [0.4, 0.5) is 4.39 Å². The van der Waals surface area contributed by atoms with E-state index >= 15 is 0 Å². The molecule has 0 aromatic heterocycles. The molecule has 0 spiro atoms. The van der Waals surface area contributed by atoms with Crippen LogP contribution in [0.2, 0.25) is 5.02 Å². The summed E-state index contributed by atoms with van der Waals surface area (Å²) in [4.78, 5) is 14.4. The molecule has 9 heteroatoms. The number of hydrogen-bond acceptors (Lipinski definition) is 5. The molecule has 0 aliphatic heterocycles. The molecule has 1 amide bonds. The van der Waals surface area contributed by atoms with Gasteiger partial charge in [0.25, 0.3) is 5.91 Å². The Kier molecular flexibility index (Phi) is 7.84. The fraction of sp³-hybridized carbons (Fsp3) is 0.174. The summed E-state index contributed by atoms with van der Waals surface area (Å²) in [6, 6.07) is 17.5. The van der Waals surface area contributed by atoms with Crippen LogP contribution < -0.4 is 4.18 Å². The fourth-order valence-corrected chi connectivity index (χ4v) is 4.13. The van der Waals surface area contributed by atoms with Crippen molar-refractivity contribution < 1.29 is 26.5 Å². The van der Waals surface area contributed by atoms with E-state index in [0.717, 1.165) is 24.3 Å². The van der Waals surface area contributed by atoms with Crippen molar-refractivity contribution in [3.05, 3.63) is 94.8 Å². The van der Waals surface area contributed by atoms with E-state index in [0.29, 0.717) is 16.1 Å². The highest BCUT2D eigenvalue weighted by atomic mass is 35.5. The van der Waals surface area contributed by atoms with Crippen molar-refractivity contribution in [1.82, 2.24) is 4.90 Å². The van der Waals surface area contributed by atoms with Gasteiger partial charge in [-0.05, 0) is 42.5 Å². The lowest BCUT2D eigenvalue weighted by Gasteiger charge is -2.24. The number of hydrogen-bond donors (Lipinski definition) is 0. The molecule has 0 aliphatic rings. The van der Waals surface area contributed by atoms with Crippen molar-refractivity contribution in [3.8, 4) is 5.75 Å². The molecule has 168 valence electrons. The van der Waals surface area contributed by atoms with Crippen LogP contribution in [0, 0.1) is 5.82 Å². The van der Waals surface area contributed by atoms with E-state index in [1.54, 1.807) is 42.5 Å². The van der Waals surface area contributed by atoms with Gasteiger partial charge < -0.3 is 13.8 Å². The summed E-state index contributed by atoms with van der Waals surface area (Å²) >= 11 is 6.19.